The Hall–Kier alpha value is -2.22. The van der Waals surface area contributed by atoms with Gasteiger partial charge in [-0.1, -0.05) is 0 Å². The number of carboxylic acid groups (broad SMARTS) is 1. The summed E-state index contributed by atoms with van der Waals surface area (Å²) in [5.41, 5.74) is -1.38. The van der Waals surface area contributed by atoms with E-state index in [2.05, 4.69) is 5.32 Å². The van der Waals surface area contributed by atoms with Gasteiger partial charge in [0.05, 0.1) is 16.7 Å². The molecule has 0 aromatic heterocycles. The second-order valence-corrected chi connectivity index (χ2v) is 4.60. The highest BCUT2D eigenvalue weighted by atomic mass is 19.1. The predicted octanol–water partition coefficient (Wildman–Crippen LogP) is 1.79. The van der Waals surface area contributed by atoms with Crippen molar-refractivity contribution in [3.63, 3.8) is 0 Å². The molecule has 0 aliphatic carbocycles. The first-order chi connectivity index (χ1) is 9.23. The number of benzene rings is 1. The van der Waals surface area contributed by atoms with Crippen molar-refractivity contribution in [2.45, 2.75) is 13.0 Å². The number of hydrogen-bond donors (Lipinski definition) is 2. The average molecular weight is 285 g/mol. The summed E-state index contributed by atoms with van der Waals surface area (Å²) in [6.45, 7) is 2.27. The fraction of sp³-hybridized carbons (Fsp3) is 0.417. The van der Waals surface area contributed by atoms with E-state index in [1.165, 1.54) is 0 Å². The lowest BCUT2D eigenvalue weighted by molar-refractivity contribution is -0.385. The Balaban J connectivity index is 3.07. The molecule has 0 aliphatic rings. The monoisotopic (exact) mass is 285 g/mol. The van der Waals surface area contributed by atoms with Gasteiger partial charge in [0.15, 0.2) is 5.82 Å². The van der Waals surface area contributed by atoms with Gasteiger partial charge in [-0.05, 0) is 27.1 Å². The van der Waals surface area contributed by atoms with Gasteiger partial charge in [0.25, 0.3) is 5.69 Å². The summed E-state index contributed by atoms with van der Waals surface area (Å²) in [7, 11) is 3.70. The SMILES string of the molecule is CC(CNc1cc(C(=O)O)c([N+](=O)[O-])cc1F)N(C)C. The molecule has 0 saturated heterocycles. The van der Waals surface area contributed by atoms with E-state index in [-0.39, 0.29) is 11.7 Å². The highest BCUT2D eigenvalue weighted by Crippen LogP contribution is 2.26. The van der Waals surface area contributed by atoms with E-state index in [1.54, 1.807) is 0 Å². The predicted molar refractivity (Wildman–Crippen MR) is 71.7 cm³/mol. The first-order valence-electron chi connectivity index (χ1n) is 5.85. The van der Waals surface area contributed by atoms with Crippen LogP contribution in [0.4, 0.5) is 15.8 Å². The van der Waals surface area contributed by atoms with Crippen molar-refractivity contribution in [2.24, 2.45) is 0 Å². The summed E-state index contributed by atoms with van der Waals surface area (Å²) in [4.78, 5) is 22.6. The summed E-state index contributed by atoms with van der Waals surface area (Å²) in [6.07, 6.45) is 0. The van der Waals surface area contributed by atoms with Crippen LogP contribution in [0.5, 0.6) is 0 Å². The first kappa shape index (κ1) is 15.8. The van der Waals surface area contributed by atoms with E-state index in [0.717, 1.165) is 6.07 Å². The molecule has 0 bridgehead atoms. The largest absolute Gasteiger partial charge is 0.477 e. The third-order valence-corrected chi connectivity index (χ3v) is 2.98. The van der Waals surface area contributed by atoms with E-state index in [9.17, 15) is 19.3 Å². The quantitative estimate of drug-likeness (QED) is 0.611. The van der Waals surface area contributed by atoms with Crippen LogP contribution in [-0.2, 0) is 0 Å². The minimum Gasteiger partial charge on any atom is -0.477 e. The molecule has 0 radical (unpaired) electrons. The van der Waals surface area contributed by atoms with E-state index >= 15 is 0 Å². The third-order valence-electron chi connectivity index (χ3n) is 2.98. The molecule has 1 atom stereocenters. The number of nitrogens with one attached hydrogen (secondary N) is 1. The van der Waals surface area contributed by atoms with E-state index < -0.39 is 28.0 Å². The minimum atomic E-state index is -1.47. The number of aromatic carboxylic acids is 1. The van der Waals surface area contributed by atoms with Crippen molar-refractivity contribution in [1.29, 1.82) is 0 Å². The molecule has 20 heavy (non-hydrogen) atoms. The van der Waals surface area contributed by atoms with Gasteiger partial charge in [-0.25, -0.2) is 9.18 Å². The molecular formula is C12H16FN3O4. The number of nitro benzene ring substituents is 1. The van der Waals surface area contributed by atoms with Crippen LogP contribution in [0.2, 0.25) is 0 Å². The summed E-state index contributed by atoms with van der Waals surface area (Å²) in [5, 5.41) is 22.4. The summed E-state index contributed by atoms with van der Waals surface area (Å²) in [6, 6.07) is 1.64. The lowest BCUT2D eigenvalue weighted by Gasteiger charge is -2.20. The molecule has 2 N–H and O–H groups in total. The van der Waals surface area contributed by atoms with E-state index in [4.69, 9.17) is 5.11 Å². The summed E-state index contributed by atoms with van der Waals surface area (Å²) in [5.74, 6) is -2.33. The Bertz CT molecular complexity index is 534. The maximum Gasteiger partial charge on any atom is 0.342 e. The molecule has 7 nitrogen and oxygen atoms in total. The molecule has 1 unspecified atom stereocenters. The van der Waals surface area contributed by atoms with Crippen molar-refractivity contribution >= 4 is 17.3 Å². The highest BCUT2D eigenvalue weighted by Gasteiger charge is 2.23. The van der Waals surface area contributed by atoms with Gasteiger partial charge in [0.2, 0.25) is 0 Å². The molecule has 0 heterocycles. The van der Waals surface area contributed by atoms with E-state index in [1.807, 2.05) is 25.9 Å². The van der Waals surface area contributed by atoms with Crippen LogP contribution in [0.1, 0.15) is 17.3 Å². The number of rotatable bonds is 6. The van der Waals surface area contributed by atoms with Crippen molar-refractivity contribution < 1.29 is 19.2 Å². The lowest BCUT2D eigenvalue weighted by atomic mass is 10.1. The maximum atomic E-state index is 13.7. The second kappa shape index (κ2) is 6.29. The molecule has 1 rings (SSSR count). The normalized spacial score (nSPS) is 12.2. The number of anilines is 1. The van der Waals surface area contributed by atoms with Crippen LogP contribution in [-0.4, -0.2) is 47.6 Å². The third kappa shape index (κ3) is 3.64. The summed E-state index contributed by atoms with van der Waals surface area (Å²) < 4.78 is 13.7. The lowest BCUT2D eigenvalue weighted by Crippen LogP contribution is -2.31. The Morgan fingerprint density at radius 1 is 1.55 bits per heavy atom. The molecule has 0 aliphatic heterocycles. The maximum absolute atomic E-state index is 13.7. The van der Waals surface area contributed by atoms with Gasteiger partial charge in [0.1, 0.15) is 5.56 Å². The number of nitrogens with zero attached hydrogens (tertiary/aromatic N) is 2. The standard InChI is InChI=1S/C12H16FN3O4/c1-7(15(2)3)6-14-10-4-8(12(17)18)11(16(19)20)5-9(10)13/h4-5,7,14H,6H2,1-3H3,(H,17,18). The number of nitro groups is 1. The second-order valence-electron chi connectivity index (χ2n) is 4.60. The molecular weight excluding hydrogens is 269 g/mol. The number of halogens is 1. The van der Waals surface area contributed by atoms with Gasteiger partial charge in [0, 0.05) is 12.6 Å². The average Bonchev–Trinajstić information content (AvgIpc) is 2.35. The van der Waals surface area contributed by atoms with Gasteiger partial charge in [-0.2, -0.15) is 0 Å². The zero-order valence-corrected chi connectivity index (χ0v) is 11.4. The molecule has 1 aromatic carbocycles. The molecule has 0 amide bonds. The van der Waals surface area contributed by atoms with Crippen molar-refractivity contribution in [3.8, 4) is 0 Å². The zero-order chi connectivity index (χ0) is 15.4. The topological polar surface area (TPSA) is 95.7 Å². The molecule has 8 heteroatoms. The number of carboxylic acids is 1. The minimum absolute atomic E-state index is 0.0679. The van der Waals surface area contributed by atoms with Crippen LogP contribution in [0, 0.1) is 15.9 Å². The Morgan fingerprint density at radius 2 is 2.15 bits per heavy atom. The van der Waals surface area contributed by atoms with Gasteiger partial charge < -0.3 is 15.3 Å². The van der Waals surface area contributed by atoms with Crippen molar-refractivity contribution in [3.05, 3.63) is 33.6 Å². The fourth-order valence-electron chi connectivity index (χ4n) is 1.46. The van der Waals surface area contributed by atoms with Crippen molar-refractivity contribution in [2.75, 3.05) is 26.0 Å². The Morgan fingerprint density at radius 3 is 2.60 bits per heavy atom. The van der Waals surface area contributed by atoms with Crippen LogP contribution in [0.15, 0.2) is 12.1 Å². The van der Waals surface area contributed by atoms with Crippen LogP contribution in [0.3, 0.4) is 0 Å². The first-order valence-corrected chi connectivity index (χ1v) is 5.85. The molecule has 0 fully saturated rings. The number of hydrogen-bond acceptors (Lipinski definition) is 5. The molecule has 1 aromatic rings. The van der Waals surface area contributed by atoms with E-state index in [0.29, 0.717) is 12.6 Å². The zero-order valence-electron chi connectivity index (χ0n) is 11.4. The molecule has 0 saturated carbocycles. The molecule has 110 valence electrons. The van der Waals surface area contributed by atoms with Crippen LogP contribution >= 0.6 is 0 Å². The van der Waals surface area contributed by atoms with Gasteiger partial charge in [-0.15, -0.1) is 0 Å². The smallest absolute Gasteiger partial charge is 0.342 e. The molecule has 0 spiro atoms. The Labute approximate surface area is 115 Å². The Kier molecular flexibility index (Phi) is 4.98. The van der Waals surface area contributed by atoms with Crippen LogP contribution < -0.4 is 5.32 Å². The van der Waals surface area contributed by atoms with Gasteiger partial charge >= 0.3 is 5.97 Å². The fourth-order valence-corrected chi connectivity index (χ4v) is 1.46. The number of likely N-dealkylation sites (N-methyl/N-ethyl adjacent to an activating group) is 1. The number of carbonyl (C=O) groups is 1. The van der Waals surface area contributed by atoms with Crippen molar-refractivity contribution in [1.82, 2.24) is 4.90 Å². The highest BCUT2D eigenvalue weighted by molar-refractivity contribution is 5.93. The van der Waals surface area contributed by atoms with Crippen LogP contribution in [0.25, 0.3) is 0 Å². The van der Waals surface area contributed by atoms with Gasteiger partial charge in [-0.3, -0.25) is 10.1 Å². The summed E-state index contributed by atoms with van der Waals surface area (Å²) >= 11 is 0.